The minimum absolute atomic E-state index is 0.0591. The summed E-state index contributed by atoms with van der Waals surface area (Å²) in [5, 5.41) is 21.3. The number of aliphatic hydroxyl groups excluding tert-OH is 1. The van der Waals surface area contributed by atoms with Crippen LogP contribution in [-0.2, 0) is 31.6 Å². The van der Waals surface area contributed by atoms with Crippen LogP contribution < -0.4 is 11.2 Å². The number of rotatable bonds is 8. The van der Waals surface area contributed by atoms with Gasteiger partial charge in [0.15, 0.2) is 6.23 Å². The summed E-state index contributed by atoms with van der Waals surface area (Å²) < 4.78 is 51.6. The summed E-state index contributed by atoms with van der Waals surface area (Å²) in [5.41, 5.74) is -3.79. The first-order valence-electron chi connectivity index (χ1n) is 8.87. The quantitative estimate of drug-likeness (QED) is 0.183. The molecular weight excluding hydrogens is 531 g/mol. The fourth-order valence-electron chi connectivity index (χ4n) is 3.05. The van der Waals surface area contributed by atoms with Crippen molar-refractivity contribution >= 4 is 34.5 Å². The average Bonchev–Trinajstić information content (AvgIpc) is 2.86. The number of aromatic amines is 1. The molecule has 0 bridgehead atoms. The fraction of sp³-hybridized carbons (Fsp3) is 0.462. The number of hydrogen-bond donors (Lipinski definition) is 7. The Kier molecular flexibility index (Phi) is 7.23. The Morgan fingerprint density at radius 1 is 1.15 bits per heavy atom. The maximum Gasteiger partial charge on any atom is 0.490 e. The zero-order chi connectivity index (χ0) is 25.7. The summed E-state index contributed by atoms with van der Waals surface area (Å²) in [5.74, 6) is 0. The molecule has 0 amide bonds. The predicted molar refractivity (Wildman–Crippen MR) is 107 cm³/mol. The van der Waals surface area contributed by atoms with Crippen LogP contribution in [0.3, 0.4) is 0 Å². The molecule has 2 aromatic rings. The molecule has 7 N–H and O–H groups in total. The Morgan fingerprint density at radius 3 is 2.41 bits per heavy atom. The smallest absolute Gasteiger partial charge is 0.387 e. The van der Waals surface area contributed by atoms with Gasteiger partial charge in [-0.15, -0.1) is 0 Å². The molecule has 34 heavy (non-hydrogen) atoms. The molecule has 190 valence electrons. The highest BCUT2D eigenvalue weighted by Crippen LogP contribution is 2.66. The lowest BCUT2D eigenvalue weighted by atomic mass is 9.96. The van der Waals surface area contributed by atoms with Gasteiger partial charge in [0.2, 0.25) is 5.56 Å². The second-order valence-corrected chi connectivity index (χ2v) is 11.6. The molecule has 6 atom stereocenters. The van der Waals surface area contributed by atoms with Gasteiger partial charge < -0.3 is 39.5 Å². The molecule has 3 unspecified atom stereocenters. The number of phosphoric acid groups is 3. The maximum absolute atomic E-state index is 12.4. The van der Waals surface area contributed by atoms with E-state index < -0.39 is 65.4 Å². The van der Waals surface area contributed by atoms with Crippen molar-refractivity contribution in [2.75, 3.05) is 6.61 Å². The summed E-state index contributed by atoms with van der Waals surface area (Å²) in [4.78, 5) is 65.5. The molecule has 3 heterocycles. The molecule has 1 aliphatic rings. The lowest BCUT2D eigenvalue weighted by Crippen LogP contribution is -2.46. The number of hydrogen-bond acceptors (Lipinski definition) is 12. The second-order valence-electron chi connectivity index (χ2n) is 7.14. The SMILES string of the molecule is C[C@]1(O)C(n2cc3ccc(=O)[nH]c3nc2=O)O[C@H](COP(=O)(O)OP(=O)(O)OP(=O)(O)O)[C@H]1O. The largest absolute Gasteiger partial charge is 0.490 e. The van der Waals surface area contributed by atoms with Crippen LogP contribution in [0.4, 0.5) is 0 Å². The van der Waals surface area contributed by atoms with Crippen molar-refractivity contribution in [1.82, 2.24) is 14.5 Å². The molecule has 3 rings (SSSR count). The van der Waals surface area contributed by atoms with Crippen molar-refractivity contribution in [3.8, 4) is 0 Å². The number of nitrogens with one attached hydrogen (secondary N) is 1. The number of fused-ring (bicyclic) bond motifs is 1. The third-order valence-electron chi connectivity index (χ3n) is 4.46. The number of aliphatic hydroxyl groups is 2. The van der Waals surface area contributed by atoms with Gasteiger partial charge in [-0.25, -0.2) is 18.5 Å². The summed E-state index contributed by atoms with van der Waals surface area (Å²) in [6, 6.07) is 2.47. The van der Waals surface area contributed by atoms with Gasteiger partial charge >= 0.3 is 29.2 Å². The second kappa shape index (κ2) is 9.11. The van der Waals surface area contributed by atoms with Crippen LogP contribution in [0.1, 0.15) is 13.2 Å². The highest BCUT2D eigenvalue weighted by molar-refractivity contribution is 7.66. The molecule has 1 saturated heterocycles. The number of ether oxygens (including phenoxy) is 1. The molecule has 21 heteroatoms. The Morgan fingerprint density at radius 2 is 1.79 bits per heavy atom. The third kappa shape index (κ3) is 6.13. The van der Waals surface area contributed by atoms with Gasteiger partial charge in [-0.05, 0) is 13.0 Å². The van der Waals surface area contributed by atoms with Crippen molar-refractivity contribution in [3.05, 3.63) is 39.2 Å². The molecule has 2 aromatic heterocycles. The van der Waals surface area contributed by atoms with Crippen LogP contribution in [0.25, 0.3) is 11.0 Å². The molecule has 18 nitrogen and oxygen atoms in total. The third-order valence-corrected chi connectivity index (χ3v) is 8.26. The highest BCUT2D eigenvalue weighted by atomic mass is 31.3. The minimum Gasteiger partial charge on any atom is -0.387 e. The van der Waals surface area contributed by atoms with E-state index in [0.717, 1.165) is 23.8 Å². The van der Waals surface area contributed by atoms with E-state index in [0.29, 0.717) is 0 Å². The van der Waals surface area contributed by atoms with E-state index in [4.69, 9.17) is 19.4 Å². The van der Waals surface area contributed by atoms with Crippen LogP contribution in [0.15, 0.2) is 27.9 Å². The molecule has 1 aliphatic heterocycles. The topological polar surface area (TPSA) is 277 Å². The van der Waals surface area contributed by atoms with Gasteiger partial charge in [0.25, 0.3) is 0 Å². The van der Waals surface area contributed by atoms with Gasteiger partial charge in [0.05, 0.1) is 6.61 Å². The standard InChI is InChI=1S/C13H18N3O15P3/c1-13(20)9(18)7(5-28-33(24,25)31-34(26,27)30-32(21,22)23)29-11(13)16-4-6-2-3-8(17)14-10(6)15-12(16)19/h2-4,7,9,11,18,20H,5H2,1H3,(H,24,25)(H,26,27)(H2,21,22,23)(H,14,15,17,19)/t7-,9-,11?,13-/m1/s1. The highest BCUT2D eigenvalue weighted by Gasteiger charge is 2.54. The molecule has 1 fully saturated rings. The molecule has 0 spiro atoms. The van der Waals surface area contributed by atoms with E-state index in [1.54, 1.807) is 0 Å². The lowest BCUT2D eigenvalue weighted by molar-refractivity contribution is -0.0983. The van der Waals surface area contributed by atoms with E-state index in [1.165, 1.54) is 6.07 Å². The monoisotopic (exact) mass is 549 g/mol. The number of aromatic nitrogens is 3. The van der Waals surface area contributed by atoms with E-state index in [-0.39, 0.29) is 11.0 Å². The van der Waals surface area contributed by atoms with E-state index >= 15 is 0 Å². The van der Waals surface area contributed by atoms with Crippen LogP contribution in [0.5, 0.6) is 0 Å². The number of H-pyrrole nitrogens is 1. The Balaban J connectivity index is 1.79. The Labute approximate surface area is 187 Å². The van der Waals surface area contributed by atoms with Crippen LogP contribution in [0.2, 0.25) is 0 Å². The first-order chi connectivity index (χ1) is 15.4. The van der Waals surface area contributed by atoms with Crippen LogP contribution in [-0.4, -0.2) is 68.7 Å². The molecular formula is C13H18N3O15P3. The van der Waals surface area contributed by atoms with Gasteiger partial charge in [-0.1, -0.05) is 0 Å². The van der Waals surface area contributed by atoms with E-state index in [9.17, 15) is 38.4 Å². The predicted octanol–water partition coefficient (Wildman–Crippen LogP) is -1.56. The molecule has 0 aromatic carbocycles. The molecule has 0 aliphatic carbocycles. The normalized spacial score (nSPS) is 29.1. The molecule has 0 radical (unpaired) electrons. The van der Waals surface area contributed by atoms with Crippen LogP contribution in [0, 0.1) is 0 Å². The molecule has 0 saturated carbocycles. The van der Waals surface area contributed by atoms with Crippen molar-refractivity contribution in [2.45, 2.75) is 31.0 Å². The van der Waals surface area contributed by atoms with Gasteiger partial charge in [-0.3, -0.25) is 13.9 Å². The first-order valence-corrected chi connectivity index (χ1v) is 13.4. The number of nitrogens with zero attached hydrogens (tertiary/aromatic N) is 2. The summed E-state index contributed by atoms with van der Waals surface area (Å²) >= 11 is 0. The average molecular weight is 549 g/mol. The Bertz CT molecular complexity index is 1350. The number of pyridine rings is 1. The van der Waals surface area contributed by atoms with Gasteiger partial charge in [0.1, 0.15) is 23.5 Å². The van der Waals surface area contributed by atoms with Gasteiger partial charge in [-0.2, -0.15) is 13.6 Å². The minimum atomic E-state index is -5.76. The van der Waals surface area contributed by atoms with E-state index in [1.807, 2.05) is 0 Å². The fourth-order valence-corrected chi connectivity index (χ4v) is 6.08. The first kappa shape index (κ1) is 27.0. The zero-order valence-corrected chi connectivity index (χ0v) is 19.4. The van der Waals surface area contributed by atoms with Crippen molar-refractivity contribution < 1.29 is 61.4 Å². The van der Waals surface area contributed by atoms with E-state index in [2.05, 4.69) is 23.1 Å². The van der Waals surface area contributed by atoms with Crippen LogP contribution >= 0.6 is 23.5 Å². The van der Waals surface area contributed by atoms with Crippen molar-refractivity contribution in [2.24, 2.45) is 0 Å². The Hall–Kier alpha value is -1.62. The van der Waals surface area contributed by atoms with Crippen molar-refractivity contribution in [1.29, 1.82) is 0 Å². The van der Waals surface area contributed by atoms with Gasteiger partial charge in [0, 0.05) is 17.6 Å². The summed E-state index contributed by atoms with van der Waals surface area (Å²) in [7, 11) is -16.9. The summed E-state index contributed by atoms with van der Waals surface area (Å²) in [6.45, 7) is -0.00273. The zero-order valence-electron chi connectivity index (χ0n) is 16.8. The van der Waals surface area contributed by atoms with Crippen molar-refractivity contribution in [3.63, 3.8) is 0 Å². The number of phosphoric ester groups is 1. The lowest BCUT2D eigenvalue weighted by Gasteiger charge is -2.27. The summed E-state index contributed by atoms with van der Waals surface area (Å²) in [6.07, 6.45) is -3.93. The maximum atomic E-state index is 12.4.